The summed E-state index contributed by atoms with van der Waals surface area (Å²) >= 11 is 0. The van der Waals surface area contributed by atoms with Crippen molar-refractivity contribution in [2.24, 2.45) is 10.3 Å². The number of hydrogen-bond acceptors (Lipinski definition) is 4. The van der Waals surface area contributed by atoms with Gasteiger partial charge in [0.1, 0.15) is 0 Å². The second-order valence-electron chi connectivity index (χ2n) is 1.36. The van der Waals surface area contributed by atoms with Gasteiger partial charge < -0.3 is 5.32 Å². The Morgan fingerprint density at radius 3 is 3.00 bits per heavy atom. The van der Waals surface area contributed by atoms with Gasteiger partial charge in [0.05, 0.1) is 11.8 Å². The average molecular weight is 195 g/mol. The standard InChI is InChI=1S/C3H6N4O.BrH/c8-7-6-3-4-1-2-5-3;/h1-2H2,(H2,4,5,6,8);1H. The lowest BCUT2D eigenvalue weighted by Crippen LogP contribution is -2.29. The first-order chi connectivity index (χ1) is 3.93. The minimum Gasteiger partial charge on any atom is -0.353 e. The Morgan fingerprint density at radius 1 is 1.78 bits per heavy atom. The van der Waals surface area contributed by atoms with Gasteiger partial charge in [0.25, 0.3) is 0 Å². The lowest BCUT2D eigenvalue weighted by atomic mass is 10.7. The van der Waals surface area contributed by atoms with Gasteiger partial charge >= 0.3 is 0 Å². The molecule has 0 bridgehead atoms. The van der Waals surface area contributed by atoms with E-state index >= 15 is 0 Å². The number of guanidine groups is 1. The Kier molecular flexibility index (Phi) is 3.94. The van der Waals surface area contributed by atoms with Crippen LogP contribution in [0.25, 0.3) is 0 Å². The van der Waals surface area contributed by atoms with Crippen LogP contribution in [-0.4, -0.2) is 19.0 Å². The van der Waals surface area contributed by atoms with Crippen molar-refractivity contribution in [3.8, 4) is 0 Å². The van der Waals surface area contributed by atoms with Gasteiger partial charge in [-0.05, 0) is 0 Å². The first kappa shape index (κ1) is 8.35. The molecule has 5 nitrogen and oxygen atoms in total. The molecule has 1 aliphatic rings. The molecule has 0 saturated heterocycles. The summed E-state index contributed by atoms with van der Waals surface area (Å²) in [7, 11) is 0. The van der Waals surface area contributed by atoms with Crippen molar-refractivity contribution in [1.82, 2.24) is 10.7 Å². The summed E-state index contributed by atoms with van der Waals surface area (Å²) in [5.74, 6) is 0.472. The molecule has 1 rings (SSSR count). The fourth-order valence-corrected chi connectivity index (χ4v) is 0.516. The highest BCUT2D eigenvalue weighted by Crippen LogP contribution is 1.79. The summed E-state index contributed by atoms with van der Waals surface area (Å²) in [6.45, 7) is 1.51. The number of nitrogens with zero attached hydrogens (tertiary/aromatic N) is 2. The molecule has 0 radical (unpaired) electrons. The van der Waals surface area contributed by atoms with Gasteiger partial charge in [-0.1, -0.05) is 0 Å². The van der Waals surface area contributed by atoms with Gasteiger partial charge in [0, 0.05) is 6.54 Å². The summed E-state index contributed by atoms with van der Waals surface area (Å²) in [6, 6.07) is 0. The maximum absolute atomic E-state index is 9.48. The van der Waals surface area contributed by atoms with E-state index in [-0.39, 0.29) is 17.0 Å². The van der Waals surface area contributed by atoms with Gasteiger partial charge in [-0.3, -0.25) is 0 Å². The molecule has 52 valence electrons. The number of halogens is 1. The Morgan fingerprint density at radius 2 is 2.56 bits per heavy atom. The van der Waals surface area contributed by atoms with E-state index in [1.165, 1.54) is 0 Å². The van der Waals surface area contributed by atoms with Crippen LogP contribution in [0, 0.1) is 4.91 Å². The van der Waals surface area contributed by atoms with E-state index in [0.29, 0.717) is 5.96 Å². The lowest BCUT2D eigenvalue weighted by molar-refractivity contribution is 0.913. The van der Waals surface area contributed by atoms with Crippen LogP contribution in [0.1, 0.15) is 0 Å². The molecule has 0 spiro atoms. The van der Waals surface area contributed by atoms with Gasteiger partial charge in [-0.25, -0.2) is 10.4 Å². The number of aliphatic imine (C=N–C) groups is 1. The Balaban J connectivity index is 0.000000640. The van der Waals surface area contributed by atoms with E-state index in [9.17, 15) is 4.91 Å². The minimum atomic E-state index is 0. The van der Waals surface area contributed by atoms with Crippen LogP contribution < -0.4 is 10.7 Å². The molecular formula is C3H7BrN4O. The topological polar surface area (TPSA) is 65.8 Å². The first-order valence-corrected chi connectivity index (χ1v) is 2.30. The van der Waals surface area contributed by atoms with Crippen molar-refractivity contribution < 1.29 is 0 Å². The van der Waals surface area contributed by atoms with E-state index in [0.717, 1.165) is 13.1 Å². The Labute approximate surface area is 62.6 Å². The minimum absolute atomic E-state index is 0. The maximum atomic E-state index is 9.48. The van der Waals surface area contributed by atoms with Crippen molar-refractivity contribution in [3.05, 3.63) is 4.91 Å². The number of hydrogen-bond donors (Lipinski definition) is 2. The van der Waals surface area contributed by atoms with E-state index in [2.05, 4.69) is 21.0 Å². The highest BCUT2D eigenvalue weighted by Gasteiger charge is 2.01. The first-order valence-electron chi connectivity index (χ1n) is 2.30. The van der Waals surface area contributed by atoms with Crippen LogP contribution in [0.4, 0.5) is 0 Å². The maximum Gasteiger partial charge on any atom is 0.214 e. The van der Waals surface area contributed by atoms with Gasteiger partial charge in [0.15, 0.2) is 0 Å². The van der Waals surface area contributed by atoms with Crippen molar-refractivity contribution in [2.75, 3.05) is 13.1 Å². The second-order valence-corrected chi connectivity index (χ2v) is 1.36. The monoisotopic (exact) mass is 194 g/mol. The molecule has 0 atom stereocenters. The van der Waals surface area contributed by atoms with Crippen LogP contribution in [0.3, 0.4) is 0 Å². The van der Waals surface area contributed by atoms with Crippen molar-refractivity contribution in [1.29, 1.82) is 0 Å². The largest absolute Gasteiger partial charge is 0.353 e. The number of nitrogens with one attached hydrogen (secondary N) is 2. The van der Waals surface area contributed by atoms with Crippen LogP contribution in [0.15, 0.2) is 10.3 Å². The zero-order chi connectivity index (χ0) is 5.82. The Hall–Kier alpha value is -0.650. The van der Waals surface area contributed by atoms with E-state index < -0.39 is 0 Å². The van der Waals surface area contributed by atoms with Crippen molar-refractivity contribution in [2.45, 2.75) is 0 Å². The molecule has 0 unspecified atom stereocenters. The quantitative estimate of drug-likeness (QED) is 0.449. The average Bonchev–Trinajstić information content (AvgIpc) is 2.19. The van der Waals surface area contributed by atoms with Crippen molar-refractivity contribution >= 4 is 22.9 Å². The summed E-state index contributed by atoms with van der Waals surface area (Å²) in [6.07, 6.45) is 0. The summed E-state index contributed by atoms with van der Waals surface area (Å²) < 4.78 is 0. The summed E-state index contributed by atoms with van der Waals surface area (Å²) in [4.78, 5) is 13.3. The van der Waals surface area contributed by atoms with E-state index in [4.69, 9.17) is 0 Å². The van der Waals surface area contributed by atoms with Gasteiger partial charge in [0.2, 0.25) is 5.96 Å². The predicted octanol–water partition coefficient (Wildman–Crippen LogP) is -0.206. The normalized spacial score (nSPS) is 14.9. The second kappa shape index (κ2) is 4.25. The zero-order valence-corrected chi connectivity index (χ0v) is 6.34. The summed E-state index contributed by atoms with van der Waals surface area (Å²) in [5.41, 5.74) is 2.15. The third kappa shape index (κ3) is 2.41. The smallest absolute Gasteiger partial charge is 0.214 e. The lowest BCUT2D eigenvalue weighted by Gasteiger charge is -1.92. The van der Waals surface area contributed by atoms with Gasteiger partial charge in [-0.15, -0.1) is 21.9 Å². The molecule has 0 aliphatic carbocycles. The van der Waals surface area contributed by atoms with E-state index in [1.54, 1.807) is 0 Å². The molecule has 1 heterocycles. The van der Waals surface area contributed by atoms with Crippen LogP contribution in [0.2, 0.25) is 0 Å². The predicted molar refractivity (Wildman–Crippen MR) is 39.6 cm³/mol. The zero-order valence-electron chi connectivity index (χ0n) is 4.63. The molecular weight excluding hydrogens is 188 g/mol. The molecule has 0 fully saturated rings. The molecule has 2 N–H and O–H groups in total. The summed E-state index contributed by atoms with van der Waals surface area (Å²) in [5, 5.41) is 5.23. The fourth-order valence-electron chi connectivity index (χ4n) is 0.516. The molecule has 9 heavy (non-hydrogen) atoms. The molecule has 0 saturated carbocycles. The van der Waals surface area contributed by atoms with Gasteiger partial charge in [-0.2, -0.15) is 0 Å². The fraction of sp³-hybridized carbons (Fsp3) is 0.667. The molecule has 0 aromatic rings. The highest BCUT2D eigenvalue weighted by molar-refractivity contribution is 8.93. The third-order valence-electron chi connectivity index (χ3n) is 0.826. The molecule has 6 heteroatoms. The van der Waals surface area contributed by atoms with Crippen LogP contribution in [-0.2, 0) is 0 Å². The van der Waals surface area contributed by atoms with Crippen LogP contribution >= 0.6 is 17.0 Å². The third-order valence-corrected chi connectivity index (χ3v) is 0.826. The number of rotatable bonds is 1. The molecule has 0 aromatic heterocycles. The number of nitroso groups, excluding NO2 is 1. The SMILES string of the molecule is Br.O=NNC1=NCCN1. The molecule has 1 aliphatic heterocycles. The van der Waals surface area contributed by atoms with E-state index in [1.807, 2.05) is 0 Å². The Bertz CT molecular complexity index is 125. The molecule has 0 amide bonds. The van der Waals surface area contributed by atoms with Crippen LogP contribution in [0.5, 0.6) is 0 Å². The van der Waals surface area contributed by atoms with Crippen molar-refractivity contribution in [3.63, 3.8) is 0 Å². The highest BCUT2D eigenvalue weighted by atomic mass is 79.9. The molecule has 0 aromatic carbocycles.